The van der Waals surface area contributed by atoms with E-state index in [2.05, 4.69) is 27.8 Å². The molecule has 1 N–H and O–H groups in total. The molecule has 92 valence electrons. The van der Waals surface area contributed by atoms with Crippen LogP contribution in [0.5, 0.6) is 0 Å². The normalized spacial score (nSPS) is 18.5. The fourth-order valence-electron chi connectivity index (χ4n) is 1.72. The van der Waals surface area contributed by atoms with Crippen molar-refractivity contribution in [2.75, 3.05) is 5.33 Å². The maximum Gasteiger partial charge on any atom is 0.408 e. The molecule has 0 bridgehead atoms. The minimum absolute atomic E-state index is 0.244. The van der Waals surface area contributed by atoms with Gasteiger partial charge in [0.05, 0.1) is 5.54 Å². The summed E-state index contributed by atoms with van der Waals surface area (Å²) in [5, 5.41) is 3.66. The highest BCUT2D eigenvalue weighted by Gasteiger charge is 2.41. The molecule has 1 fully saturated rings. The van der Waals surface area contributed by atoms with E-state index in [-0.39, 0.29) is 11.6 Å². The predicted molar refractivity (Wildman–Crippen MR) is 68.9 cm³/mol. The van der Waals surface area contributed by atoms with Gasteiger partial charge in [-0.3, -0.25) is 0 Å². The lowest BCUT2D eigenvalue weighted by Crippen LogP contribution is -2.56. The maximum absolute atomic E-state index is 11.7. The van der Waals surface area contributed by atoms with Gasteiger partial charge in [-0.2, -0.15) is 0 Å². The van der Waals surface area contributed by atoms with E-state index in [1.165, 1.54) is 0 Å². The van der Waals surface area contributed by atoms with Gasteiger partial charge < -0.3 is 10.1 Å². The number of hydrogen-bond donors (Lipinski definition) is 1. The number of rotatable bonds is 3. The molecule has 16 heavy (non-hydrogen) atoms. The third-order valence-corrected chi connectivity index (χ3v) is 3.46. The standard InChI is InChI=1S/C12H20BrNO2/c1-9(8-13)12(6-5-7-12)14-10(15)16-11(2,3)4/h1,5-8H2,2-4H3,(H,14,15). The van der Waals surface area contributed by atoms with Crippen molar-refractivity contribution in [1.82, 2.24) is 5.32 Å². The summed E-state index contributed by atoms with van der Waals surface area (Å²) in [5.74, 6) is 0. The van der Waals surface area contributed by atoms with E-state index in [0.29, 0.717) is 5.33 Å². The molecule has 0 aromatic carbocycles. The minimum atomic E-state index is -0.454. The van der Waals surface area contributed by atoms with Crippen LogP contribution in [-0.2, 0) is 4.74 Å². The van der Waals surface area contributed by atoms with Gasteiger partial charge in [0.2, 0.25) is 0 Å². The molecular weight excluding hydrogens is 270 g/mol. The van der Waals surface area contributed by atoms with E-state index in [4.69, 9.17) is 4.74 Å². The van der Waals surface area contributed by atoms with Gasteiger partial charge in [-0.15, -0.1) is 0 Å². The summed E-state index contributed by atoms with van der Waals surface area (Å²) in [5.41, 5.74) is 0.320. The molecule has 0 radical (unpaired) electrons. The number of amides is 1. The number of nitrogens with one attached hydrogen (secondary N) is 1. The Bertz CT molecular complexity index is 290. The van der Waals surface area contributed by atoms with Crippen molar-refractivity contribution in [2.24, 2.45) is 0 Å². The molecule has 0 atom stereocenters. The first-order chi connectivity index (χ1) is 7.29. The van der Waals surface area contributed by atoms with Crippen molar-refractivity contribution in [3.05, 3.63) is 12.2 Å². The van der Waals surface area contributed by atoms with Crippen LogP contribution in [0.2, 0.25) is 0 Å². The average molecular weight is 290 g/mol. The number of halogens is 1. The Morgan fingerprint density at radius 2 is 2.06 bits per heavy atom. The van der Waals surface area contributed by atoms with Crippen LogP contribution in [0.4, 0.5) is 4.79 Å². The van der Waals surface area contributed by atoms with Gasteiger partial charge in [-0.25, -0.2) is 4.79 Å². The lowest BCUT2D eigenvalue weighted by Gasteiger charge is -2.43. The van der Waals surface area contributed by atoms with E-state index in [1.54, 1.807) is 0 Å². The van der Waals surface area contributed by atoms with Crippen LogP contribution in [0.15, 0.2) is 12.2 Å². The van der Waals surface area contributed by atoms with Gasteiger partial charge in [0.25, 0.3) is 0 Å². The summed E-state index contributed by atoms with van der Waals surface area (Å²) in [4.78, 5) is 11.7. The summed E-state index contributed by atoms with van der Waals surface area (Å²) in [6.45, 7) is 9.58. The van der Waals surface area contributed by atoms with Crippen LogP contribution in [-0.4, -0.2) is 22.6 Å². The Labute approximate surface area is 106 Å². The Kier molecular flexibility index (Phi) is 4.05. The highest BCUT2D eigenvalue weighted by atomic mass is 79.9. The van der Waals surface area contributed by atoms with Gasteiger partial charge in [-0.1, -0.05) is 22.5 Å². The molecular formula is C12H20BrNO2. The molecule has 0 saturated heterocycles. The second kappa shape index (κ2) is 4.78. The summed E-state index contributed by atoms with van der Waals surface area (Å²) in [7, 11) is 0. The SMILES string of the molecule is C=C(CBr)C1(NC(=O)OC(C)(C)C)CCC1. The van der Waals surface area contributed by atoms with E-state index >= 15 is 0 Å². The number of alkyl halides is 1. The number of carbonyl (C=O) groups excluding carboxylic acids is 1. The van der Waals surface area contributed by atoms with Gasteiger partial charge >= 0.3 is 6.09 Å². The lowest BCUT2D eigenvalue weighted by molar-refractivity contribution is 0.0423. The smallest absolute Gasteiger partial charge is 0.408 e. The largest absolute Gasteiger partial charge is 0.444 e. The molecule has 1 aliphatic carbocycles. The van der Waals surface area contributed by atoms with Crippen LogP contribution in [0.1, 0.15) is 40.0 Å². The van der Waals surface area contributed by atoms with Gasteiger partial charge in [0.15, 0.2) is 0 Å². The molecule has 1 rings (SSSR count). The van der Waals surface area contributed by atoms with E-state index in [9.17, 15) is 4.79 Å². The highest BCUT2D eigenvalue weighted by molar-refractivity contribution is 9.09. The van der Waals surface area contributed by atoms with Crippen LogP contribution in [0.25, 0.3) is 0 Å². The maximum atomic E-state index is 11.7. The lowest BCUT2D eigenvalue weighted by atomic mass is 9.72. The van der Waals surface area contributed by atoms with Gasteiger partial charge in [-0.05, 0) is 45.6 Å². The first kappa shape index (κ1) is 13.6. The second-order valence-corrected chi connectivity index (χ2v) is 5.86. The van der Waals surface area contributed by atoms with Gasteiger partial charge in [0, 0.05) is 5.33 Å². The molecule has 4 heteroatoms. The fourth-order valence-corrected chi connectivity index (χ4v) is 2.26. The molecule has 0 unspecified atom stereocenters. The third-order valence-electron chi connectivity index (χ3n) is 2.79. The number of hydrogen-bond acceptors (Lipinski definition) is 2. The molecule has 1 aliphatic rings. The Balaban J connectivity index is 2.58. The summed E-state index contributed by atoms with van der Waals surface area (Å²) in [6, 6.07) is 0. The monoisotopic (exact) mass is 289 g/mol. The molecule has 3 nitrogen and oxygen atoms in total. The van der Waals surface area contributed by atoms with E-state index in [0.717, 1.165) is 24.8 Å². The number of ether oxygens (including phenoxy) is 1. The van der Waals surface area contributed by atoms with Crippen LogP contribution in [0, 0.1) is 0 Å². The molecule has 0 aromatic heterocycles. The van der Waals surface area contributed by atoms with Crippen molar-refractivity contribution in [3.63, 3.8) is 0 Å². The van der Waals surface area contributed by atoms with Crippen LogP contribution >= 0.6 is 15.9 Å². The molecule has 1 amide bonds. The molecule has 0 aromatic rings. The molecule has 0 spiro atoms. The average Bonchev–Trinajstić information content (AvgIpc) is 2.07. The van der Waals surface area contributed by atoms with Crippen LogP contribution < -0.4 is 5.32 Å². The fraction of sp³-hybridized carbons (Fsp3) is 0.750. The summed E-state index contributed by atoms with van der Waals surface area (Å²) >= 11 is 3.38. The Hall–Kier alpha value is -0.510. The van der Waals surface area contributed by atoms with E-state index in [1.807, 2.05) is 20.8 Å². The van der Waals surface area contributed by atoms with E-state index < -0.39 is 5.60 Å². The zero-order valence-corrected chi connectivity index (χ0v) is 11.8. The van der Waals surface area contributed by atoms with Crippen molar-refractivity contribution in [2.45, 2.75) is 51.2 Å². The highest BCUT2D eigenvalue weighted by Crippen LogP contribution is 2.38. The summed E-state index contributed by atoms with van der Waals surface area (Å²) in [6.07, 6.45) is 2.68. The zero-order valence-electron chi connectivity index (χ0n) is 10.2. The van der Waals surface area contributed by atoms with Crippen molar-refractivity contribution in [3.8, 4) is 0 Å². The summed E-state index contributed by atoms with van der Waals surface area (Å²) < 4.78 is 5.26. The number of carbonyl (C=O) groups is 1. The molecule has 0 aliphatic heterocycles. The Morgan fingerprint density at radius 1 is 1.50 bits per heavy atom. The molecule has 1 saturated carbocycles. The van der Waals surface area contributed by atoms with Crippen LogP contribution in [0.3, 0.4) is 0 Å². The first-order valence-electron chi connectivity index (χ1n) is 5.54. The van der Waals surface area contributed by atoms with Crippen molar-refractivity contribution < 1.29 is 9.53 Å². The topological polar surface area (TPSA) is 38.3 Å². The Morgan fingerprint density at radius 3 is 2.38 bits per heavy atom. The number of alkyl carbamates (subject to hydrolysis) is 1. The molecule has 0 heterocycles. The zero-order chi connectivity index (χ0) is 12.4. The minimum Gasteiger partial charge on any atom is -0.444 e. The second-order valence-electron chi connectivity index (χ2n) is 5.30. The first-order valence-corrected chi connectivity index (χ1v) is 6.67. The van der Waals surface area contributed by atoms with Crippen molar-refractivity contribution >= 4 is 22.0 Å². The predicted octanol–water partition coefficient (Wildman–Crippen LogP) is 3.38. The quantitative estimate of drug-likeness (QED) is 0.639. The van der Waals surface area contributed by atoms with Crippen molar-refractivity contribution in [1.29, 1.82) is 0 Å². The third kappa shape index (κ3) is 3.24. The van der Waals surface area contributed by atoms with Gasteiger partial charge in [0.1, 0.15) is 5.60 Å².